The number of amides is 1. The molecule has 1 rings (SSSR count). The molecule has 0 heterocycles. The minimum absolute atomic E-state index is 0.116. The first-order valence-electron chi connectivity index (χ1n) is 6.19. The van der Waals surface area contributed by atoms with Crippen LogP contribution in [-0.2, 0) is 4.79 Å². The Kier molecular flexibility index (Phi) is 5.62. The Bertz CT molecular complexity index is 393. The first kappa shape index (κ1) is 14.5. The minimum Gasteiger partial charge on any atom is -0.481 e. The molecule has 0 aromatic heterocycles. The molecule has 0 aliphatic rings. The highest BCUT2D eigenvalue weighted by molar-refractivity contribution is 5.77. The van der Waals surface area contributed by atoms with Gasteiger partial charge in [0.2, 0.25) is 0 Å². The zero-order valence-corrected chi connectivity index (χ0v) is 11.1. The Morgan fingerprint density at radius 3 is 2.61 bits per heavy atom. The van der Waals surface area contributed by atoms with Crippen LogP contribution < -0.4 is 4.74 Å². The summed E-state index contributed by atoms with van der Waals surface area (Å²) in [6.07, 6.45) is 0. The summed E-state index contributed by atoms with van der Waals surface area (Å²) in [6.45, 7) is 7.22. The standard InChI is InChI=1S/C14H20FNO2/c1-4-16(9-11(2)3)14(17)10-18-13-8-6-5-7-12(13)15/h5-8,11H,4,9-10H2,1-3H3. The highest BCUT2D eigenvalue weighted by Gasteiger charge is 2.14. The van der Waals surface area contributed by atoms with Gasteiger partial charge in [0, 0.05) is 13.1 Å². The summed E-state index contributed by atoms with van der Waals surface area (Å²) in [5, 5.41) is 0. The third-order valence-electron chi connectivity index (χ3n) is 2.51. The van der Waals surface area contributed by atoms with Gasteiger partial charge in [-0.1, -0.05) is 26.0 Å². The molecule has 0 spiro atoms. The predicted molar refractivity (Wildman–Crippen MR) is 69.0 cm³/mol. The summed E-state index contributed by atoms with van der Waals surface area (Å²) in [7, 11) is 0. The van der Waals surface area contributed by atoms with E-state index in [9.17, 15) is 9.18 Å². The SMILES string of the molecule is CCN(CC(C)C)C(=O)COc1ccccc1F. The van der Waals surface area contributed by atoms with Crippen molar-refractivity contribution in [3.8, 4) is 5.75 Å². The van der Waals surface area contributed by atoms with Crippen molar-refractivity contribution in [2.45, 2.75) is 20.8 Å². The largest absolute Gasteiger partial charge is 0.481 e. The molecule has 0 aliphatic carbocycles. The fourth-order valence-electron chi connectivity index (χ4n) is 1.64. The lowest BCUT2D eigenvalue weighted by Gasteiger charge is -2.22. The third-order valence-corrected chi connectivity index (χ3v) is 2.51. The van der Waals surface area contributed by atoms with Gasteiger partial charge < -0.3 is 9.64 Å². The number of ether oxygens (including phenoxy) is 1. The quantitative estimate of drug-likeness (QED) is 0.780. The van der Waals surface area contributed by atoms with Crippen molar-refractivity contribution in [1.82, 2.24) is 4.90 Å². The van der Waals surface area contributed by atoms with Crippen LogP contribution in [0, 0.1) is 11.7 Å². The Morgan fingerprint density at radius 2 is 2.06 bits per heavy atom. The van der Waals surface area contributed by atoms with E-state index in [1.807, 2.05) is 20.8 Å². The summed E-state index contributed by atoms with van der Waals surface area (Å²) >= 11 is 0. The van der Waals surface area contributed by atoms with Crippen molar-refractivity contribution in [3.63, 3.8) is 0 Å². The predicted octanol–water partition coefficient (Wildman–Crippen LogP) is 2.71. The number of likely N-dealkylation sites (N-methyl/N-ethyl adjacent to an activating group) is 1. The molecular weight excluding hydrogens is 233 g/mol. The van der Waals surface area contributed by atoms with Gasteiger partial charge >= 0.3 is 0 Å². The first-order chi connectivity index (χ1) is 8.54. The molecule has 0 saturated heterocycles. The number of halogens is 1. The van der Waals surface area contributed by atoms with Crippen LogP contribution in [0.15, 0.2) is 24.3 Å². The lowest BCUT2D eigenvalue weighted by molar-refractivity contribution is -0.133. The highest BCUT2D eigenvalue weighted by Crippen LogP contribution is 2.15. The van der Waals surface area contributed by atoms with Gasteiger partial charge in [0.05, 0.1) is 0 Å². The summed E-state index contributed by atoms with van der Waals surface area (Å²) in [4.78, 5) is 13.6. The monoisotopic (exact) mass is 253 g/mol. The van der Waals surface area contributed by atoms with E-state index in [4.69, 9.17) is 4.74 Å². The van der Waals surface area contributed by atoms with E-state index >= 15 is 0 Å². The summed E-state index contributed by atoms with van der Waals surface area (Å²) in [5.41, 5.74) is 0. The Hall–Kier alpha value is -1.58. The van der Waals surface area contributed by atoms with Gasteiger partial charge in [0.15, 0.2) is 18.2 Å². The summed E-state index contributed by atoms with van der Waals surface area (Å²) in [5.74, 6) is -0.0412. The van der Waals surface area contributed by atoms with Crippen LogP contribution in [0.2, 0.25) is 0 Å². The second kappa shape index (κ2) is 6.99. The number of nitrogens with zero attached hydrogens (tertiary/aromatic N) is 1. The van der Waals surface area contributed by atoms with Gasteiger partial charge in [-0.25, -0.2) is 4.39 Å². The first-order valence-corrected chi connectivity index (χ1v) is 6.19. The van der Waals surface area contributed by atoms with Gasteiger partial charge in [-0.05, 0) is 25.0 Å². The van der Waals surface area contributed by atoms with Crippen LogP contribution in [0.4, 0.5) is 4.39 Å². The lowest BCUT2D eigenvalue weighted by Crippen LogP contribution is -2.37. The number of rotatable bonds is 6. The number of carbonyl (C=O) groups excluding carboxylic acids is 1. The molecule has 3 nitrogen and oxygen atoms in total. The molecule has 18 heavy (non-hydrogen) atoms. The molecule has 0 radical (unpaired) electrons. The molecule has 0 atom stereocenters. The number of benzene rings is 1. The summed E-state index contributed by atoms with van der Waals surface area (Å²) in [6, 6.07) is 6.09. The maximum absolute atomic E-state index is 13.3. The van der Waals surface area contributed by atoms with Crippen LogP contribution in [0.1, 0.15) is 20.8 Å². The van der Waals surface area contributed by atoms with Crippen LogP contribution in [0.3, 0.4) is 0 Å². The second-order valence-electron chi connectivity index (χ2n) is 4.55. The second-order valence-corrected chi connectivity index (χ2v) is 4.55. The van der Waals surface area contributed by atoms with Crippen molar-refractivity contribution in [2.24, 2.45) is 5.92 Å². The number of carbonyl (C=O) groups is 1. The van der Waals surface area contributed by atoms with Crippen LogP contribution in [-0.4, -0.2) is 30.5 Å². The molecule has 0 N–H and O–H groups in total. The van der Waals surface area contributed by atoms with Crippen molar-refractivity contribution < 1.29 is 13.9 Å². The topological polar surface area (TPSA) is 29.5 Å². The highest BCUT2D eigenvalue weighted by atomic mass is 19.1. The van der Waals surface area contributed by atoms with E-state index in [0.29, 0.717) is 19.0 Å². The van der Waals surface area contributed by atoms with Gasteiger partial charge in [0.25, 0.3) is 5.91 Å². The molecule has 100 valence electrons. The molecule has 4 heteroatoms. The van der Waals surface area contributed by atoms with E-state index < -0.39 is 5.82 Å². The number of para-hydroxylation sites is 1. The van der Waals surface area contributed by atoms with E-state index in [1.165, 1.54) is 12.1 Å². The van der Waals surface area contributed by atoms with E-state index in [1.54, 1.807) is 17.0 Å². The Balaban J connectivity index is 2.52. The van der Waals surface area contributed by atoms with Crippen LogP contribution in [0.25, 0.3) is 0 Å². The van der Waals surface area contributed by atoms with Crippen molar-refractivity contribution in [1.29, 1.82) is 0 Å². The van der Waals surface area contributed by atoms with Gasteiger partial charge in [-0.2, -0.15) is 0 Å². The van der Waals surface area contributed by atoms with E-state index in [2.05, 4.69) is 0 Å². The number of hydrogen-bond acceptors (Lipinski definition) is 2. The van der Waals surface area contributed by atoms with Crippen molar-refractivity contribution >= 4 is 5.91 Å². The summed E-state index contributed by atoms with van der Waals surface area (Å²) < 4.78 is 18.5. The maximum Gasteiger partial charge on any atom is 0.260 e. The lowest BCUT2D eigenvalue weighted by atomic mass is 10.2. The molecule has 0 fully saturated rings. The molecule has 1 aromatic carbocycles. The Labute approximate surface area is 108 Å². The zero-order chi connectivity index (χ0) is 13.5. The number of hydrogen-bond donors (Lipinski definition) is 0. The molecule has 1 amide bonds. The van der Waals surface area contributed by atoms with Crippen LogP contribution in [0.5, 0.6) is 5.75 Å². The fourth-order valence-corrected chi connectivity index (χ4v) is 1.64. The fraction of sp³-hybridized carbons (Fsp3) is 0.500. The van der Waals surface area contributed by atoms with Gasteiger partial charge in [0.1, 0.15) is 0 Å². The average molecular weight is 253 g/mol. The van der Waals surface area contributed by atoms with Gasteiger partial charge in [-0.3, -0.25) is 4.79 Å². The van der Waals surface area contributed by atoms with E-state index in [0.717, 1.165) is 0 Å². The zero-order valence-electron chi connectivity index (χ0n) is 11.1. The molecule has 0 unspecified atom stereocenters. The normalized spacial score (nSPS) is 10.5. The third kappa shape index (κ3) is 4.35. The van der Waals surface area contributed by atoms with Crippen LogP contribution >= 0.6 is 0 Å². The molecular formula is C14H20FNO2. The molecule has 1 aromatic rings. The van der Waals surface area contributed by atoms with Crippen molar-refractivity contribution in [3.05, 3.63) is 30.1 Å². The minimum atomic E-state index is -0.447. The molecule has 0 saturated carbocycles. The smallest absolute Gasteiger partial charge is 0.260 e. The van der Waals surface area contributed by atoms with E-state index in [-0.39, 0.29) is 18.3 Å². The van der Waals surface area contributed by atoms with Gasteiger partial charge in [-0.15, -0.1) is 0 Å². The van der Waals surface area contributed by atoms with Crippen molar-refractivity contribution in [2.75, 3.05) is 19.7 Å². The average Bonchev–Trinajstić information content (AvgIpc) is 2.34. The molecule has 0 aliphatic heterocycles. The Morgan fingerprint density at radius 1 is 1.39 bits per heavy atom. The maximum atomic E-state index is 13.3. The molecule has 0 bridgehead atoms.